The van der Waals surface area contributed by atoms with Crippen molar-refractivity contribution >= 4 is 17.2 Å². The zero-order chi connectivity index (χ0) is 13.9. The highest BCUT2D eigenvalue weighted by Gasteiger charge is 2.21. The molecule has 7 heteroatoms. The fourth-order valence-corrected chi connectivity index (χ4v) is 1.42. The van der Waals surface area contributed by atoms with E-state index in [1.54, 1.807) is 13.8 Å². The largest absolute Gasteiger partial charge is 0.294 e. The summed E-state index contributed by atoms with van der Waals surface area (Å²) in [5.74, 6) is -0.657. The average Bonchev–Trinajstić information content (AvgIpc) is 2.36. The lowest BCUT2D eigenvalue weighted by Gasteiger charge is -2.06. The van der Waals surface area contributed by atoms with E-state index in [0.29, 0.717) is 6.42 Å². The molecule has 0 saturated carbocycles. The number of nitro benzene ring substituents is 2. The molecular formula is C11H12N2O5. The molecule has 7 nitrogen and oxygen atoms in total. The van der Waals surface area contributed by atoms with E-state index in [1.165, 1.54) is 0 Å². The second-order valence-corrected chi connectivity index (χ2v) is 3.93. The van der Waals surface area contributed by atoms with Gasteiger partial charge in [0.1, 0.15) is 0 Å². The first-order valence-electron chi connectivity index (χ1n) is 5.35. The van der Waals surface area contributed by atoms with E-state index >= 15 is 0 Å². The van der Waals surface area contributed by atoms with E-state index in [1.807, 2.05) is 0 Å². The van der Waals surface area contributed by atoms with Gasteiger partial charge in [-0.1, -0.05) is 13.8 Å². The summed E-state index contributed by atoms with van der Waals surface area (Å²) in [6, 6.07) is 2.98. The number of carbonyl (C=O) groups is 1. The molecule has 0 aromatic heterocycles. The first kappa shape index (κ1) is 13.8. The molecular weight excluding hydrogens is 240 g/mol. The molecule has 0 amide bonds. The maximum absolute atomic E-state index is 11.9. The second-order valence-electron chi connectivity index (χ2n) is 3.93. The van der Waals surface area contributed by atoms with Gasteiger partial charge in [0, 0.05) is 23.6 Å². The van der Waals surface area contributed by atoms with Gasteiger partial charge in [-0.05, 0) is 6.42 Å². The van der Waals surface area contributed by atoms with Crippen molar-refractivity contribution in [1.82, 2.24) is 0 Å². The molecule has 0 bridgehead atoms. The number of carbonyl (C=O) groups excluding carboxylic acids is 1. The van der Waals surface area contributed by atoms with Gasteiger partial charge in [0.2, 0.25) is 0 Å². The summed E-state index contributed by atoms with van der Waals surface area (Å²) < 4.78 is 0. The van der Waals surface area contributed by atoms with Gasteiger partial charge in [0.15, 0.2) is 5.78 Å². The molecule has 0 aliphatic carbocycles. The number of nitro groups is 2. The quantitative estimate of drug-likeness (QED) is 0.455. The van der Waals surface area contributed by atoms with Gasteiger partial charge in [-0.15, -0.1) is 0 Å². The molecule has 1 aromatic rings. The van der Waals surface area contributed by atoms with Gasteiger partial charge in [0.05, 0.1) is 15.9 Å². The van der Waals surface area contributed by atoms with Crippen molar-refractivity contribution in [2.75, 3.05) is 0 Å². The molecule has 0 aliphatic heterocycles. The highest BCUT2D eigenvalue weighted by atomic mass is 16.6. The Morgan fingerprint density at radius 2 is 1.61 bits per heavy atom. The Morgan fingerprint density at radius 1 is 1.17 bits per heavy atom. The number of nitrogens with zero attached hydrogens (tertiary/aromatic N) is 2. The second kappa shape index (κ2) is 5.35. The SMILES string of the molecule is CCC(C)C(=O)c1cc([N+](=O)[O-])cc([N+](=O)[O-])c1. The Hall–Kier alpha value is -2.31. The summed E-state index contributed by atoms with van der Waals surface area (Å²) in [6.07, 6.45) is 0.565. The standard InChI is InChI=1S/C11H12N2O5/c1-3-7(2)11(14)8-4-9(12(15)16)6-10(5-8)13(17)18/h4-7H,3H2,1-2H3. The first-order valence-corrected chi connectivity index (χ1v) is 5.35. The number of rotatable bonds is 5. The van der Waals surface area contributed by atoms with Crippen LogP contribution >= 0.6 is 0 Å². The summed E-state index contributed by atoms with van der Waals surface area (Å²) in [5, 5.41) is 21.3. The summed E-state index contributed by atoms with van der Waals surface area (Å²) in [5.41, 5.74) is -0.892. The van der Waals surface area contributed by atoms with Crippen LogP contribution in [0.2, 0.25) is 0 Å². The van der Waals surface area contributed by atoms with Crippen LogP contribution in [0.5, 0.6) is 0 Å². The molecule has 0 aliphatic rings. The van der Waals surface area contributed by atoms with Crippen LogP contribution in [0.1, 0.15) is 30.6 Å². The maximum atomic E-state index is 11.9. The lowest BCUT2D eigenvalue weighted by atomic mass is 9.96. The van der Waals surface area contributed by atoms with Crippen molar-refractivity contribution in [2.24, 2.45) is 5.92 Å². The summed E-state index contributed by atoms with van der Waals surface area (Å²) in [4.78, 5) is 31.7. The fraction of sp³-hybridized carbons (Fsp3) is 0.364. The predicted octanol–water partition coefficient (Wildman–Crippen LogP) is 2.73. The Kier molecular flexibility index (Phi) is 4.09. The third-order valence-electron chi connectivity index (χ3n) is 2.67. The third kappa shape index (κ3) is 2.88. The number of ketones is 1. The van der Waals surface area contributed by atoms with Crippen LogP contribution in [-0.4, -0.2) is 15.6 Å². The molecule has 18 heavy (non-hydrogen) atoms. The Labute approximate surface area is 103 Å². The van der Waals surface area contributed by atoms with Crippen LogP contribution in [0, 0.1) is 26.1 Å². The van der Waals surface area contributed by atoms with E-state index in [-0.39, 0.29) is 17.3 Å². The lowest BCUT2D eigenvalue weighted by molar-refractivity contribution is -0.394. The Morgan fingerprint density at radius 3 is 1.94 bits per heavy atom. The Bertz CT molecular complexity index is 480. The highest BCUT2D eigenvalue weighted by molar-refractivity contribution is 5.98. The zero-order valence-corrected chi connectivity index (χ0v) is 9.95. The summed E-state index contributed by atoms with van der Waals surface area (Å²) >= 11 is 0. The molecule has 0 radical (unpaired) electrons. The molecule has 1 atom stereocenters. The number of benzene rings is 1. The number of Topliss-reactive ketones (excluding diaryl/α,β-unsaturated/α-hetero) is 1. The van der Waals surface area contributed by atoms with Crippen LogP contribution in [0.4, 0.5) is 11.4 Å². The van der Waals surface area contributed by atoms with Crippen molar-refractivity contribution in [3.8, 4) is 0 Å². The van der Waals surface area contributed by atoms with Crippen LogP contribution < -0.4 is 0 Å². The van der Waals surface area contributed by atoms with Gasteiger partial charge in [0.25, 0.3) is 11.4 Å². The van der Waals surface area contributed by atoms with E-state index in [9.17, 15) is 25.0 Å². The van der Waals surface area contributed by atoms with Gasteiger partial charge in [-0.25, -0.2) is 0 Å². The summed E-state index contributed by atoms with van der Waals surface area (Å²) in [7, 11) is 0. The smallest absolute Gasteiger partial charge is 0.277 e. The molecule has 1 unspecified atom stereocenters. The van der Waals surface area contributed by atoms with Crippen molar-refractivity contribution in [3.05, 3.63) is 44.0 Å². The minimum absolute atomic E-state index is 0.00486. The third-order valence-corrected chi connectivity index (χ3v) is 2.67. The highest BCUT2D eigenvalue weighted by Crippen LogP contribution is 2.24. The molecule has 1 rings (SSSR count). The lowest BCUT2D eigenvalue weighted by Crippen LogP contribution is -2.11. The minimum atomic E-state index is -0.750. The molecule has 0 heterocycles. The van der Waals surface area contributed by atoms with Gasteiger partial charge < -0.3 is 0 Å². The van der Waals surface area contributed by atoms with Gasteiger partial charge >= 0.3 is 0 Å². The van der Waals surface area contributed by atoms with E-state index in [2.05, 4.69) is 0 Å². The fourth-order valence-electron chi connectivity index (χ4n) is 1.42. The number of hydrogen-bond donors (Lipinski definition) is 0. The molecule has 0 N–H and O–H groups in total. The van der Waals surface area contributed by atoms with Crippen molar-refractivity contribution in [3.63, 3.8) is 0 Å². The molecule has 0 spiro atoms. The van der Waals surface area contributed by atoms with Crippen molar-refractivity contribution in [1.29, 1.82) is 0 Å². The Balaban J connectivity index is 3.31. The van der Waals surface area contributed by atoms with Gasteiger partial charge in [-0.2, -0.15) is 0 Å². The molecule has 1 aromatic carbocycles. The number of hydrogen-bond acceptors (Lipinski definition) is 5. The van der Waals surface area contributed by atoms with Gasteiger partial charge in [-0.3, -0.25) is 25.0 Å². The van der Waals surface area contributed by atoms with E-state index in [4.69, 9.17) is 0 Å². The monoisotopic (exact) mass is 252 g/mol. The predicted molar refractivity (Wildman–Crippen MR) is 63.5 cm³/mol. The van der Waals surface area contributed by atoms with Crippen LogP contribution in [0.15, 0.2) is 18.2 Å². The van der Waals surface area contributed by atoms with E-state index < -0.39 is 21.2 Å². The zero-order valence-electron chi connectivity index (χ0n) is 9.95. The van der Waals surface area contributed by atoms with Crippen molar-refractivity contribution < 1.29 is 14.6 Å². The molecule has 96 valence electrons. The van der Waals surface area contributed by atoms with Crippen LogP contribution in [0.25, 0.3) is 0 Å². The minimum Gasteiger partial charge on any atom is -0.294 e. The number of non-ortho nitro benzene ring substituents is 2. The molecule has 0 fully saturated rings. The van der Waals surface area contributed by atoms with Crippen molar-refractivity contribution in [2.45, 2.75) is 20.3 Å². The normalized spacial score (nSPS) is 11.9. The first-order chi connectivity index (χ1) is 8.36. The summed E-state index contributed by atoms with van der Waals surface area (Å²) in [6.45, 7) is 3.47. The molecule has 0 saturated heterocycles. The van der Waals surface area contributed by atoms with Crippen LogP contribution in [-0.2, 0) is 0 Å². The average molecular weight is 252 g/mol. The maximum Gasteiger partial charge on any atom is 0.277 e. The topological polar surface area (TPSA) is 103 Å². The van der Waals surface area contributed by atoms with E-state index in [0.717, 1.165) is 18.2 Å². The van der Waals surface area contributed by atoms with Crippen LogP contribution in [0.3, 0.4) is 0 Å².